The average Bonchev–Trinajstić information content (AvgIpc) is 2.74. The SMILES string of the molecule is Cc1cc(F)ccc1S(=O)(=O)NC1c2ccccc2CC1O. The highest BCUT2D eigenvalue weighted by atomic mass is 32.2. The van der Waals surface area contributed by atoms with Crippen molar-refractivity contribution < 1.29 is 17.9 Å². The summed E-state index contributed by atoms with van der Waals surface area (Å²) in [7, 11) is -3.84. The van der Waals surface area contributed by atoms with Gasteiger partial charge in [0.25, 0.3) is 0 Å². The fourth-order valence-electron chi connectivity index (χ4n) is 2.86. The number of hydrogen-bond acceptors (Lipinski definition) is 3. The molecule has 2 atom stereocenters. The smallest absolute Gasteiger partial charge is 0.241 e. The maximum Gasteiger partial charge on any atom is 0.241 e. The normalized spacial score (nSPS) is 20.9. The quantitative estimate of drug-likeness (QED) is 0.909. The van der Waals surface area contributed by atoms with E-state index < -0.39 is 28.0 Å². The predicted octanol–water partition coefficient (Wildman–Crippen LogP) is 2.07. The summed E-state index contributed by atoms with van der Waals surface area (Å²) in [5, 5.41) is 10.1. The molecule has 0 aliphatic heterocycles. The van der Waals surface area contributed by atoms with Gasteiger partial charge in [0.05, 0.1) is 17.0 Å². The molecule has 2 N–H and O–H groups in total. The second-order valence-electron chi connectivity index (χ2n) is 5.48. The lowest BCUT2D eigenvalue weighted by Crippen LogP contribution is -2.34. The Morgan fingerprint density at radius 3 is 2.68 bits per heavy atom. The van der Waals surface area contributed by atoms with E-state index in [2.05, 4.69) is 4.72 Å². The molecule has 0 bridgehead atoms. The number of aryl methyl sites for hydroxylation is 1. The minimum atomic E-state index is -3.84. The van der Waals surface area contributed by atoms with Gasteiger partial charge in [0.1, 0.15) is 5.82 Å². The van der Waals surface area contributed by atoms with Gasteiger partial charge >= 0.3 is 0 Å². The molecule has 3 rings (SSSR count). The van der Waals surface area contributed by atoms with E-state index >= 15 is 0 Å². The monoisotopic (exact) mass is 321 g/mol. The summed E-state index contributed by atoms with van der Waals surface area (Å²) in [6.45, 7) is 1.54. The zero-order valence-electron chi connectivity index (χ0n) is 12.0. The Morgan fingerprint density at radius 1 is 1.23 bits per heavy atom. The lowest BCUT2D eigenvalue weighted by atomic mass is 10.1. The number of nitrogens with one attached hydrogen (secondary N) is 1. The molecule has 0 saturated heterocycles. The largest absolute Gasteiger partial charge is 0.391 e. The minimum Gasteiger partial charge on any atom is -0.391 e. The van der Waals surface area contributed by atoms with Gasteiger partial charge in [0, 0.05) is 6.42 Å². The summed E-state index contributed by atoms with van der Waals surface area (Å²) in [4.78, 5) is 0.0190. The number of aliphatic hydroxyl groups excluding tert-OH is 1. The summed E-state index contributed by atoms with van der Waals surface area (Å²) < 4.78 is 40.7. The van der Waals surface area contributed by atoms with Crippen molar-refractivity contribution in [1.82, 2.24) is 4.72 Å². The van der Waals surface area contributed by atoms with E-state index in [1.54, 1.807) is 12.1 Å². The lowest BCUT2D eigenvalue weighted by molar-refractivity contribution is 0.151. The number of halogens is 1. The second kappa shape index (κ2) is 5.46. The van der Waals surface area contributed by atoms with E-state index in [0.717, 1.165) is 17.2 Å². The molecule has 0 spiro atoms. The molecule has 0 aromatic heterocycles. The molecular weight excluding hydrogens is 305 g/mol. The Morgan fingerprint density at radius 2 is 1.95 bits per heavy atom. The molecule has 2 aromatic carbocycles. The molecule has 1 aliphatic rings. The molecule has 2 aromatic rings. The van der Waals surface area contributed by atoms with Gasteiger partial charge in [-0.15, -0.1) is 0 Å². The van der Waals surface area contributed by atoms with Crippen LogP contribution in [-0.2, 0) is 16.4 Å². The van der Waals surface area contributed by atoms with Crippen LogP contribution in [0, 0.1) is 12.7 Å². The highest BCUT2D eigenvalue weighted by molar-refractivity contribution is 7.89. The van der Waals surface area contributed by atoms with E-state index in [-0.39, 0.29) is 4.90 Å². The fourth-order valence-corrected chi connectivity index (χ4v) is 4.34. The summed E-state index contributed by atoms with van der Waals surface area (Å²) in [5.74, 6) is -0.484. The number of sulfonamides is 1. The van der Waals surface area contributed by atoms with Crippen molar-refractivity contribution in [1.29, 1.82) is 0 Å². The number of hydrogen-bond donors (Lipinski definition) is 2. The second-order valence-corrected chi connectivity index (χ2v) is 7.16. The van der Waals surface area contributed by atoms with E-state index in [0.29, 0.717) is 12.0 Å². The molecule has 0 heterocycles. The van der Waals surface area contributed by atoms with E-state index in [9.17, 15) is 17.9 Å². The fraction of sp³-hybridized carbons (Fsp3) is 0.250. The maximum atomic E-state index is 13.1. The van der Waals surface area contributed by atoms with Crippen LogP contribution in [0.2, 0.25) is 0 Å². The van der Waals surface area contributed by atoms with E-state index in [4.69, 9.17) is 0 Å². The van der Waals surface area contributed by atoms with Crippen molar-refractivity contribution in [2.24, 2.45) is 0 Å². The zero-order valence-corrected chi connectivity index (χ0v) is 12.8. The van der Waals surface area contributed by atoms with Crippen LogP contribution in [0.3, 0.4) is 0 Å². The van der Waals surface area contributed by atoms with Crippen molar-refractivity contribution in [2.45, 2.75) is 30.4 Å². The van der Waals surface area contributed by atoms with Gasteiger partial charge in [-0.25, -0.2) is 17.5 Å². The molecule has 6 heteroatoms. The molecule has 116 valence electrons. The van der Waals surface area contributed by atoms with Crippen molar-refractivity contribution in [2.75, 3.05) is 0 Å². The number of aliphatic hydroxyl groups is 1. The van der Waals surface area contributed by atoms with Crippen LogP contribution in [-0.4, -0.2) is 19.6 Å². The summed E-state index contributed by atoms with van der Waals surface area (Å²) in [5.41, 5.74) is 2.03. The standard InChI is InChI=1S/C16H16FNO3S/c1-10-8-12(17)6-7-15(10)22(20,21)18-16-13-5-3-2-4-11(13)9-14(16)19/h2-8,14,16,18-19H,9H2,1H3. The lowest BCUT2D eigenvalue weighted by Gasteiger charge is -2.19. The molecule has 0 saturated carbocycles. The summed E-state index contributed by atoms with van der Waals surface area (Å²) in [6.07, 6.45) is -0.404. The van der Waals surface area contributed by atoms with Gasteiger partial charge in [-0.2, -0.15) is 0 Å². The van der Waals surface area contributed by atoms with Crippen LogP contribution in [0.1, 0.15) is 22.7 Å². The molecule has 2 unspecified atom stereocenters. The first-order valence-electron chi connectivity index (χ1n) is 6.93. The first-order valence-corrected chi connectivity index (χ1v) is 8.41. The Kier molecular flexibility index (Phi) is 3.76. The van der Waals surface area contributed by atoms with Crippen LogP contribution in [0.25, 0.3) is 0 Å². The van der Waals surface area contributed by atoms with Crippen LogP contribution in [0.5, 0.6) is 0 Å². The van der Waals surface area contributed by atoms with Crippen molar-refractivity contribution >= 4 is 10.0 Å². The third-order valence-electron chi connectivity index (χ3n) is 3.91. The molecule has 0 radical (unpaired) electrons. The molecule has 0 fully saturated rings. The third kappa shape index (κ3) is 2.65. The highest BCUT2D eigenvalue weighted by Gasteiger charge is 2.34. The first-order chi connectivity index (χ1) is 10.4. The Labute approximate surface area is 128 Å². The highest BCUT2D eigenvalue weighted by Crippen LogP contribution is 2.32. The van der Waals surface area contributed by atoms with Gasteiger partial charge < -0.3 is 5.11 Å². The minimum absolute atomic E-state index is 0.0190. The first kappa shape index (κ1) is 15.1. The molecule has 1 aliphatic carbocycles. The average molecular weight is 321 g/mol. The van der Waals surface area contributed by atoms with Gasteiger partial charge in [-0.3, -0.25) is 0 Å². The van der Waals surface area contributed by atoms with Crippen molar-refractivity contribution in [3.63, 3.8) is 0 Å². The Hall–Kier alpha value is -1.76. The van der Waals surface area contributed by atoms with E-state index in [1.807, 2.05) is 12.1 Å². The molecule has 22 heavy (non-hydrogen) atoms. The summed E-state index contributed by atoms with van der Waals surface area (Å²) >= 11 is 0. The number of fused-ring (bicyclic) bond motifs is 1. The number of benzene rings is 2. The third-order valence-corrected chi connectivity index (χ3v) is 5.51. The summed E-state index contributed by atoms with van der Waals surface area (Å²) in [6, 6.07) is 10.2. The van der Waals surface area contributed by atoms with Gasteiger partial charge in [-0.1, -0.05) is 24.3 Å². The van der Waals surface area contributed by atoms with Crippen molar-refractivity contribution in [3.8, 4) is 0 Å². The molecule has 0 amide bonds. The predicted molar refractivity (Wildman–Crippen MR) is 80.4 cm³/mol. The Balaban J connectivity index is 1.95. The molecular formula is C16H16FNO3S. The van der Waals surface area contributed by atoms with Gasteiger partial charge in [0.2, 0.25) is 10.0 Å². The Bertz CT molecular complexity index is 820. The zero-order chi connectivity index (χ0) is 15.9. The van der Waals surface area contributed by atoms with Crippen LogP contribution in [0.4, 0.5) is 4.39 Å². The van der Waals surface area contributed by atoms with Crippen LogP contribution >= 0.6 is 0 Å². The van der Waals surface area contributed by atoms with Crippen LogP contribution in [0.15, 0.2) is 47.4 Å². The van der Waals surface area contributed by atoms with Crippen molar-refractivity contribution in [3.05, 3.63) is 65.0 Å². The molecule has 4 nitrogen and oxygen atoms in total. The van der Waals surface area contributed by atoms with E-state index in [1.165, 1.54) is 19.1 Å². The van der Waals surface area contributed by atoms with Crippen LogP contribution < -0.4 is 4.72 Å². The van der Waals surface area contributed by atoms with Gasteiger partial charge in [-0.05, 0) is 41.8 Å². The van der Waals surface area contributed by atoms with Gasteiger partial charge in [0.15, 0.2) is 0 Å². The maximum absolute atomic E-state index is 13.1. The topological polar surface area (TPSA) is 66.4 Å². The number of rotatable bonds is 3.